The molecule has 3 heterocycles. The summed E-state index contributed by atoms with van der Waals surface area (Å²) >= 11 is 0. The normalized spacial score (nSPS) is 40.5. The standard InChI is InChI=1S/C11H17N3O/c1-14-8-2-3-9(14)5-7(4-8)11-12-6-10(15)13-11/h7-9H,2-6H2,1H3,(H,12,13,15). The van der Waals surface area contributed by atoms with Gasteiger partial charge in [-0.3, -0.25) is 9.79 Å². The van der Waals surface area contributed by atoms with E-state index in [0.29, 0.717) is 24.5 Å². The van der Waals surface area contributed by atoms with E-state index in [1.54, 1.807) is 0 Å². The number of carbonyl (C=O) groups excluding carboxylic acids is 1. The SMILES string of the molecule is CN1C2CCC1CC(C1=NCC(=O)N1)C2. The van der Waals surface area contributed by atoms with E-state index in [4.69, 9.17) is 0 Å². The van der Waals surface area contributed by atoms with Gasteiger partial charge in [-0.25, -0.2) is 0 Å². The van der Waals surface area contributed by atoms with Crippen LogP contribution in [0.25, 0.3) is 0 Å². The molecule has 1 N–H and O–H groups in total. The summed E-state index contributed by atoms with van der Waals surface area (Å²) < 4.78 is 0. The highest BCUT2D eigenvalue weighted by molar-refractivity contribution is 6.05. The Labute approximate surface area is 89.7 Å². The molecule has 0 aliphatic carbocycles. The second-order valence-corrected chi connectivity index (χ2v) is 4.97. The first kappa shape index (κ1) is 9.33. The summed E-state index contributed by atoms with van der Waals surface area (Å²) in [4.78, 5) is 17.9. The van der Waals surface area contributed by atoms with Crippen LogP contribution in [0.3, 0.4) is 0 Å². The maximum absolute atomic E-state index is 11.1. The first-order chi connectivity index (χ1) is 7.24. The van der Waals surface area contributed by atoms with Gasteiger partial charge in [0.25, 0.3) is 0 Å². The molecule has 1 amide bonds. The minimum Gasteiger partial charge on any atom is -0.313 e. The molecular weight excluding hydrogens is 190 g/mol. The van der Waals surface area contributed by atoms with Gasteiger partial charge in [0.05, 0.1) is 0 Å². The quantitative estimate of drug-likeness (QED) is 0.676. The average molecular weight is 207 g/mol. The number of hydrogen-bond donors (Lipinski definition) is 1. The van der Waals surface area contributed by atoms with Crippen LogP contribution >= 0.6 is 0 Å². The zero-order valence-corrected chi connectivity index (χ0v) is 9.07. The number of nitrogens with one attached hydrogen (secondary N) is 1. The highest BCUT2D eigenvalue weighted by atomic mass is 16.2. The number of rotatable bonds is 1. The summed E-state index contributed by atoms with van der Waals surface area (Å²) in [7, 11) is 2.23. The third-order valence-electron chi connectivity index (χ3n) is 4.15. The molecule has 4 heteroatoms. The summed E-state index contributed by atoms with van der Waals surface area (Å²) in [5.41, 5.74) is 0. The van der Waals surface area contributed by atoms with E-state index in [0.717, 1.165) is 5.84 Å². The summed E-state index contributed by atoms with van der Waals surface area (Å²) in [5, 5.41) is 2.90. The minimum atomic E-state index is 0.0660. The largest absolute Gasteiger partial charge is 0.313 e. The van der Waals surface area contributed by atoms with Gasteiger partial charge in [0, 0.05) is 18.0 Å². The van der Waals surface area contributed by atoms with Crippen LogP contribution in [0.2, 0.25) is 0 Å². The number of carbonyl (C=O) groups is 1. The first-order valence-corrected chi connectivity index (χ1v) is 5.80. The second kappa shape index (κ2) is 3.30. The molecular formula is C11H17N3O. The maximum atomic E-state index is 11.1. The van der Waals surface area contributed by atoms with Gasteiger partial charge in [0.1, 0.15) is 12.4 Å². The molecule has 0 spiro atoms. The molecule has 82 valence electrons. The van der Waals surface area contributed by atoms with Crippen molar-refractivity contribution in [3.05, 3.63) is 0 Å². The lowest BCUT2D eigenvalue weighted by Gasteiger charge is -2.36. The Morgan fingerprint density at radius 2 is 2.00 bits per heavy atom. The van der Waals surface area contributed by atoms with Crippen LogP contribution in [-0.2, 0) is 4.79 Å². The third-order valence-corrected chi connectivity index (χ3v) is 4.15. The van der Waals surface area contributed by atoms with Crippen LogP contribution in [0.15, 0.2) is 4.99 Å². The van der Waals surface area contributed by atoms with E-state index in [1.807, 2.05) is 0 Å². The molecule has 2 bridgehead atoms. The van der Waals surface area contributed by atoms with Crippen LogP contribution in [0.1, 0.15) is 25.7 Å². The molecule has 3 rings (SSSR count). The topological polar surface area (TPSA) is 44.7 Å². The van der Waals surface area contributed by atoms with Crippen molar-refractivity contribution in [3.8, 4) is 0 Å². The molecule has 0 aromatic heterocycles. The van der Waals surface area contributed by atoms with Gasteiger partial charge in [-0.1, -0.05) is 0 Å². The van der Waals surface area contributed by atoms with Crippen molar-refractivity contribution in [2.24, 2.45) is 10.9 Å². The van der Waals surface area contributed by atoms with Crippen molar-refractivity contribution in [2.75, 3.05) is 13.6 Å². The van der Waals surface area contributed by atoms with Gasteiger partial charge >= 0.3 is 0 Å². The fraction of sp³-hybridized carbons (Fsp3) is 0.818. The van der Waals surface area contributed by atoms with E-state index in [1.165, 1.54) is 25.7 Å². The van der Waals surface area contributed by atoms with Crippen LogP contribution in [-0.4, -0.2) is 42.3 Å². The Hall–Kier alpha value is -0.900. The fourth-order valence-corrected chi connectivity index (χ4v) is 3.24. The van der Waals surface area contributed by atoms with E-state index in [-0.39, 0.29) is 5.91 Å². The zero-order chi connectivity index (χ0) is 10.4. The molecule has 15 heavy (non-hydrogen) atoms. The molecule has 3 aliphatic heterocycles. The maximum Gasteiger partial charge on any atom is 0.247 e. The van der Waals surface area contributed by atoms with Gasteiger partial charge in [0.15, 0.2) is 0 Å². The molecule has 0 saturated carbocycles. The summed E-state index contributed by atoms with van der Waals surface area (Å²) in [6.45, 7) is 0.344. The smallest absolute Gasteiger partial charge is 0.247 e. The summed E-state index contributed by atoms with van der Waals surface area (Å²) in [6.07, 6.45) is 4.98. The number of amides is 1. The molecule has 3 aliphatic rings. The Bertz CT molecular complexity index is 312. The van der Waals surface area contributed by atoms with Crippen molar-refractivity contribution in [3.63, 3.8) is 0 Å². The molecule has 2 saturated heterocycles. The van der Waals surface area contributed by atoms with Crippen molar-refractivity contribution < 1.29 is 4.79 Å². The lowest BCUT2D eigenvalue weighted by atomic mass is 9.90. The molecule has 0 aromatic rings. The van der Waals surface area contributed by atoms with Crippen molar-refractivity contribution in [1.29, 1.82) is 0 Å². The molecule has 0 aromatic carbocycles. The number of hydrogen-bond acceptors (Lipinski definition) is 3. The number of nitrogens with zero attached hydrogens (tertiary/aromatic N) is 2. The van der Waals surface area contributed by atoms with Crippen LogP contribution in [0.5, 0.6) is 0 Å². The highest BCUT2D eigenvalue weighted by Gasteiger charge is 2.40. The van der Waals surface area contributed by atoms with Crippen LogP contribution in [0.4, 0.5) is 0 Å². The van der Waals surface area contributed by atoms with Gasteiger partial charge in [-0.2, -0.15) is 0 Å². The first-order valence-electron chi connectivity index (χ1n) is 5.80. The lowest BCUT2D eigenvalue weighted by molar-refractivity contribution is -0.117. The van der Waals surface area contributed by atoms with Crippen molar-refractivity contribution in [2.45, 2.75) is 37.8 Å². The second-order valence-electron chi connectivity index (χ2n) is 4.97. The Kier molecular flexibility index (Phi) is 2.06. The van der Waals surface area contributed by atoms with E-state index in [2.05, 4.69) is 22.3 Å². The van der Waals surface area contributed by atoms with E-state index < -0.39 is 0 Å². The van der Waals surface area contributed by atoms with Crippen molar-refractivity contribution >= 4 is 11.7 Å². The summed E-state index contributed by atoms with van der Waals surface area (Å²) in [5.74, 6) is 1.53. The predicted octanol–water partition coefficient (Wildman–Crippen LogP) is 0.387. The molecule has 2 unspecified atom stereocenters. The Balaban J connectivity index is 1.73. The predicted molar refractivity (Wildman–Crippen MR) is 57.7 cm³/mol. The van der Waals surface area contributed by atoms with E-state index >= 15 is 0 Å². The van der Waals surface area contributed by atoms with Gasteiger partial charge in [0.2, 0.25) is 5.91 Å². The molecule has 0 radical (unpaired) electrons. The van der Waals surface area contributed by atoms with E-state index in [9.17, 15) is 4.79 Å². The molecule has 4 nitrogen and oxygen atoms in total. The van der Waals surface area contributed by atoms with Gasteiger partial charge in [-0.05, 0) is 32.7 Å². The molecule has 2 atom stereocenters. The average Bonchev–Trinajstić information content (AvgIpc) is 2.70. The number of aliphatic imine (C=N–C) groups is 1. The van der Waals surface area contributed by atoms with Gasteiger partial charge < -0.3 is 10.2 Å². The molecule has 2 fully saturated rings. The van der Waals surface area contributed by atoms with Crippen LogP contribution < -0.4 is 5.32 Å². The highest BCUT2D eigenvalue weighted by Crippen LogP contribution is 2.37. The number of piperidine rings is 1. The van der Waals surface area contributed by atoms with Crippen LogP contribution in [0, 0.1) is 5.92 Å². The lowest BCUT2D eigenvalue weighted by Crippen LogP contribution is -2.44. The van der Waals surface area contributed by atoms with Gasteiger partial charge in [-0.15, -0.1) is 0 Å². The zero-order valence-electron chi connectivity index (χ0n) is 9.07. The Morgan fingerprint density at radius 1 is 1.33 bits per heavy atom. The fourth-order valence-electron chi connectivity index (χ4n) is 3.24. The summed E-state index contributed by atoms with van der Waals surface area (Å²) in [6, 6.07) is 1.43. The number of fused-ring (bicyclic) bond motifs is 2. The monoisotopic (exact) mass is 207 g/mol. The Morgan fingerprint density at radius 3 is 2.53 bits per heavy atom. The minimum absolute atomic E-state index is 0.0660. The third kappa shape index (κ3) is 1.47. The van der Waals surface area contributed by atoms with Crippen molar-refractivity contribution in [1.82, 2.24) is 10.2 Å². The number of amidine groups is 1.